The highest BCUT2D eigenvalue weighted by Gasteiger charge is 2.21. The first-order valence-electron chi connectivity index (χ1n) is 5.30. The highest BCUT2D eigenvalue weighted by molar-refractivity contribution is 7.10. The third-order valence-corrected chi connectivity index (χ3v) is 3.93. The lowest BCUT2D eigenvalue weighted by molar-refractivity contribution is 0.212. The summed E-state index contributed by atoms with van der Waals surface area (Å²) in [5.74, 6) is 1.18. The molecule has 2 rings (SSSR count). The summed E-state index contributed by atoms with van der Waals surface area (Å²) < 4.78 is 10.5. The van der Waals surface area contributed by atoms with E-state index in [0.29, 0.717) is 22.1 Å². The van der Waals surface area contributed by atoms with Crippen LogP contribution in [-0.4, -0.2) is 19.3 Å². The zero-order valence-electron chi connectivity index (χ0n) is 10.0. The van der Waals surface area contributed by atoms with Crippen LogP contribution in [0.25, 0.3) is 0 Å². The van der Waals surface area contributed by atoms with Crippen LogP contribution in [0.5, 0.6) is 11.5 Å². The Hall–Kier alpha value is -1.23. The number of ether oxygens (including phenoxy) is 2. The molecular formula is C13H13ClO3S. The minimum absolute atomic E-state index is 0.589. The van der Waals surface area contributed by atoms with E-state index < -0.39 is 6.10 Å². The Balaban J connectivity index is 2.48. The highest BCUT2D eigenvalue weighted by atomic mass is 35.5. The van der Waals surface area contributed by atoms with Crippen molar-refractivity contribution in [3.8, 4) is 11.5 Å². The second-order valence-corrected chi connectivity index (χ2v) is 5.03. The van der Waals surface area contributed by atoms with E-state index in [1.54, 1.807) is 37.8 Å². The van der Waals surface area contributed by atoms with Gasteiger partial charge in [0, 0.05) is 10.3 Å². The van der Waals surface area contributed by atoms with Crippen LogP contribution < -0.4 is 9.47 Å². The predicted molar refractivity (Wildman–Crippen MR) is 72.9 cm³/mol. The summed E-state index contributed by atoms with van der Waals surface area (Å²) in [6.07, 6.45) is -0.811. The van der Waals surface area contributed by atoms with E-state index in [-0.39, 0.29) is 0 Å². The molecule has 0 saturated heterocycles. The Bertz CT molecular complexity index is 517. The summed E-state index contributed by atoms with van der Waals surface area (Å²) in [6.45, 7) is 0. The molecule has 0 spiro atoms. The van der Waals surface area contributed by atoms with Gasteiger partial charge in [0.05, 0.1) is 24.8 Å². The van der Waals surface area contributed by atoms with Crippen molar-refractivity contribution in [1.29, 1.82) is 0 Å². The molecule has 0 bridgehead atoms. The molecule has 96 valence electrons. The van der Waals surface area contributed by atoms with Gasteiger partial charge in [-0.1, -0.05) is 17.7 Å². The number of thiophene rings is 1. The number of aliphatic hydroxyl groups excluding tert-OH is 1. The van der Waals surface area contributed by atoms with Gasteiger partial charge in [-0.25, -0.2) is 0 Å². The molecule has 1 atom stereocenters. The first-order valence-corrected chi connectivity index (χ1v) is 6.56. The van der Waals surface area contributed by atoms with Crippen molar-refractivity contribution in [2.75, 3.05) is 14.2 Å². The molecule has 18 heavy (non-hydrogen) atoms. The molecule has 0 aliphatic rings. The van der Waals surface area contributed by atoms with Crippen LogP contribution in [0.15, 0.2) is 29.6 Å². The summed E-state index contributed by atoms with van der Waals surface area (Å²) in [5, 5.41) is 12.8. The Morgan fingerprint density at radius 3 is 2.28 bits per heavy atom. The van der Waals surface area contributed by atoms with Gasteiger partial charge in [-0.2, -0.15) is 0 Å². The quantitative estimate of drug-likeness (QED) is 0.934. The fourth-order valence-corrected chi connectivity index (χ4v) is 2.84. The van der Waals surface area contributed by atoms with E-state index in [1.165, 1.54) is 11.3 Å². The number of halogens is 1. The molecule has 1 N–H and O–H groups in total. The van der Waals surface area contributed by atoms with Gasteiger partial charge in [0.2, 0.25) is 0 Å². The van der Waals surface area contributed by atoms with Crippen molar-refractivity contribution >= 4 is 22.9 Å². The average molecular weight is 285 g/mol. The molecule has 0 aliphatic carbocycles. The molecule has 0 fully saturated rings. The van der Waals surface area contributed by atoms with E-state index in [4.69, 9.17) is 21.1 Å². The zero-order valence-corrected chi connectivity index (χ0v) is 11.6. The van der Waals surface area contributed by atoms with Crippen molar-refractivity contribution in [2.24, 2.45) is 0 Å². The molecule has 0 amide bonds. The smallest absolute Gasteiger partial charge is 0.128 e. The number of methoxy groups -OCH3 is 2. The molecule has 0 radical (unpaired) electrons. The number of hydrogen-bond donors (Lipinski definition) is 1. The lowest BCUT2D eigenvalue weighted by atomic mass is 10.1. The summed E-state index contributed by atoms with van der Waals surface area (Å²) in [6, 6.07) is 7.13. The molecule has 1 aromatic heterocycles. The van der Waals surface area contributed by atoms with E-state index in [9.17, 15) is 5.11 Å². The number of rotatable bonds is 4. The molecule has 3 nitrogen and oxygen atoms in total. The summed E-state index contributed by atoms with van der Waals surface area (Å²) in [4.78, 5) is 0.753. The zero-order chi connectivity index (χ0) is 13.1. The van der Waals surface area contributed by atoms with Gasteiger partial charge in [-0.05, 0) is 18.2 Å². The first kappa shape index (κ1) is 13.2. The largest absolute Gasteiger partial charge is 0.496 e. The third-order valence-electron chi connectivity index (χ3n) is 2.60. The van der Waals surface area contributed by atoms with Crippen molar-refractivity contribution in [3.05, 3.63) is 45.1 Å². The Labute approximate surface area is 115 Å². The monoisotopic (exact) mass is 284 g/mol. The maximum atomic E-state index is 10.4. The second-order valence-electron chi connectivity index (χ2n) is 3.65. The Morgan fingerprint density at radius 2 is 1.83 bits per heavy atom. The van der Waals surface area contributed by atoms with E-state index >= 15 is 0 Å². The second kappa shape index (κ2) is 5.61. The maximum absolute atomic E-state index is 10.4. The molecule has 0 saturated carbocycles. The van der Waals surface area contributed by atoms with Crippen LogP contribution in [0, 0.1) is 0 Å². The van der Waals surface area contributed by atoms with Gasteiger partial charge in [-0.3, -0.25) is 0 Å². The summed E-state index contributed by atoms with van der Waals surface area (Å²) >= 11 is 7.27. The SMILES string of the molecule is COc1cccc(OC)c1C(O)c1cc(Cl)cs1. The van der Waals surface area contributed by atoms with Crippen LogP contribution in [0.1, 0.15) is 16.5 Å². The molecule has 2 aromatic rings. The molecule has 1 heterocycles. The fourth-order valence-electron chi connectivity index (χ4n) is 1.76. The molecule has 5 heteroatoms. The van der Waals surface area contributed by atoms with Crippen LogP contribution >= 0.6 is 22.9 Å². The van der Waals surface area contributed by atoms with E-state index in [1.807, 2.05) is 6.07 Å². The molecule has 1 aromatic carbocycles. The fraction of sp³-hybridized carbons (Fsp3) is 0.231. The lowest BCUT2D eigenvalue weighted by Crippen LogP contribution is -2.03. The highest BCUT2D eigenvalue weighted by Crippen LogP contribution is 2.39. The minimum Gasteiger partial charge on any atom is -0.496 e. The maximum Gasteiger partial charge on any atom is 0.128 e. The average Bonchev–Trinajstić information content (AvgIpc) is 2.83. The van der Waals surface area contributed by atoms with Gasteiger partial charge in [0.1, 0.15) is 17.6 Å². The van der Waals surface area contributed by atoms with Crippen LogP contribution in [0.4, 0.5) is 0 Å². The van der Waals surface area contributed by atoms with Crippen molar-refractivity contribution in [3.63, 3.8) is 0 Å². The minimum atomic E-state index is -0.811. The Morgan fingerprint density at radius 1 is 1.22 bits per heavy atom. The van der Waals surface area contributed by atoms with E-state index in [2.05, 4.69) is 0 Å². The number of benzene rings is 1. The number of hydrogen-bond acceptors (Lipinski definition) is 4. The Kier molecular flexibility index (Phi) is 4.11. The standard InChI is InChI=1S/C13H13ClO3S/c1-16-9-4-3-5-10(17-2)12(9)13(15)11-6-8(14)7-18-11/h3-7,13,15H,1-2H3. The van der Waals surface area contributed by atoms with Crippen LogP contribution in [0.2, 0.25) is 5.02 Å². The lowest BCUT2D eigenvalue weighted by Gasteiger charge is -2.17. The molecular weight excluding hydrogens is 272 g/mol. The third kappa shape index (κ3) is 2.46. The predicted octanol–water partition coefficient (Wildman–Crippen LogP) is 3.50. The van der Waals surface area contributed by atoms with Crippen molar-refractivity contribution in [1.82, 2.24) is 0 Å². The van der Waals surface area contributed by atoms with Crippen molar-refractivity contribution in [2.45, 2.75) is 6.10 Å². The van der Waals surface area contributed by atoms with E-state index in [0.717, 1.165) is 4.88 Å². The molecule has 1 unspecified atom stereocenters. The van der Waals surface area contributed by atoms with Gasteiger partial charge in [0.25, 0.3) is 0 Å². The summed E-state index contributed by atoms with van der Waals surface area (Å²) in [5.41, 5.74) is 0.612. The first-order chi connectivity index (χ1) is 8.67. The van der Waals surface area contributed by atoms with Crippen LogP contribution in [-0.2, 0) is 0 Å². The van der Waals surface area contributed by atoms with Crippen LogP contribution in [0.3, 0.4) is 0 Å². The van der Waals surface area contributed by atoms with Gasteiger partial charge in [-0.15, -0.1) is 11.3 Å². The topological polar surface area (TPSA) is 38.7 Å². The summed E-state index contributed by atoms with van der Waals surface area (Å²) in [7, 11) is 3.12. The number of aliphatic hydroxyl groups is 1. The molecule has 0 aliphatic heterocycles. The van der Waals surface area contributed by atoms with Crippen molar-refractivity contribution < 1.29 is 14.6 Å². The normalized spacial score (nSPS) is 12.2. The van der Waals surface area contributed by atoms with Gasteiger partial charge >= 0.3 is 0 Å². The van der Waals surface area contributed by atoms with Gasteiger partial charge in [0.15, 0.2) is 0 Å². The van der Waals surface area contributed by atoms with Gasteiger partial charge < -0.3 is 14.6 Å².